The SMILES string of the molecule is O=C(O)CCC1CCC(Oc2ncnc3sc4c(c23)CCC4)CC1. The van der Waals surface area contributed by atoms with Crippen LogP contribution in [0.25, 0.3) is 10.2 Å². The van der Waals surface area contributed by atoms with E-state index >= 15 is 0 Å². The second kappa shape index (κ2) is 6.67. The molecule has 1 N–H and O–H groups in total. The molecule has 1 saturated carbocycles. The molecule has 2 aliphatic carbocycles. The van der Waals surface area contributed by atoms with Gasteiger partial charge in [-0.2, -0.15) is 0 Å². The topological polar surface area (TPSA) is 72.3 Å². The summed E-state index contributed by atoms with van der Waals surface area (Å²) >= 11 is 1.79. The van der Waals surface area contributed by atoms with Crippen LogP contribution in [0.4, 0.5) is 0 Å². The number of fused-ring (bicyclic) bond motifs is 3. The van der Waals surface area contributed by atoms with E-state index in [1.165, 1.54) is 16.9 Å². The maximum Gasteiger partial charge on any atom is 0.303 e. The predicted octanol–water partition coefficient (Wildman–Crippen LogP) is 3.98. The molecule has 2 heterocycles. The quantitative estimate of drug-likeness (QED) is 0.886. The first-order valence-electron chi connectivity index (χ1n) is 8.84. The van der Waals surface area contributed by atoms with Crippen molar-refractivity contribution < 1.29 is 14.6 Å². The van der Waals surface area contributed by atoms with E-state index in [2.05, 4.69) is 9.97 Å². The third-order valence-electron chi connectivity index (χ3n) is 5.31. The van der Waals surface area contributed by atoms with E-state index in [1.54, 1.807) is 17.7 Å². The number of rotatable bonds is 5. The molecule has 24 heavy (non-hydrogen) atoms. The fraction of sp³-hybridized carbons (Fsp3) is 0.611. The molecule has 2 aromatic heterocycles. The van der Waals surface area contributed by atoms with Crippen LogP contribution >= 0.6 is 11.3 Å². The molecule has 128 valence electrons. The minimum atomic E-state index is -0.692. The van der Waals surface area contributed by atoms with Gasteiger partial charge < -0.3 is 9.84 Å². The van der Waals surface area contributed by atoms with Gasteiger partial charge in [0.1, 0.15) is 17.3 Å². The van der Waals surface area contributed by atoms with Crippen molar-refractivity contribution in [2.45, 2.75) is 63.9 Å². The summed E-state index contributed by atoms with van der Waals surface area (Å²) in [5.41, 5.74) is 1.40. The first-order valence-corrected chi connectivity index (χ1v) is 9.66. The largest absolute Gasteiger partial charge is 0.481 e. The Labute approximate surface area is 145 Å². The van der Waals surface area contributed by atoms with E-state index in [9.17, 15) is 4.79 Å². The van der Waals surface area contributed by atoms with Gasteiger partial charge in [-0.3, -0.25) is 4.79 Å². The number of hydrogen-bond acceptors (Lipinski definition) is 5. The van der Waals surface area contributed by atoms with Crippen LogP contribution in [0.2, 0.25) is 0 Å². The minimum Gasteiger partial charge on any atom is -0.481 e. The lowest BCUT2D eigenvalue weighted by atomic mass is 9.84. The highest BCUT2D eigenvalue weighted by Crippen LogP contribution is 2.41. The van der Waals surface area contributed by atoms with Crippen LogP contribution in [0.3, 0.4) is 0 Å². The highest BCUT2D eigenvalue weighted by atomic mass is 32.1. The number of ether oxygens (including phenoxy) is 1. The summed E-state index contributed by atoms with van der Waals surface area (Å²) in [5, 5.41) is 9.95. The van der Waals surface area contributed by atoms with Gasteiger partial charge in [0.05, 0.1) is 5.39 Å². The van der Waals surface area contributed by atoms with Crippen LogP contribution in [0.15, 0.2) is 6.33 Å². The van der Waals surface area contributed by atoms with Gasteiger partial charge in [-0.1, -0.05) is 0 Å². The maximum absolute atomic E-state index is 10.7. The Bertz CT molecular complexity index is 750. The molecule has 0 aliphatic heterocycles. The van der Waals surface area contributed by atoms with Crippen LogP contribution in [-0.4, -0.2) is 27.1 Å². The molecule has 0 atom stereocenters. The molecule has 4 rings (SSSR count). The number of nitrogens with zero attached hydrogens (tertiary/aromatic N) is 2. The molecule has 1 fully saturated rings. The van der Waals surface area contributed by atoms with Gasteiger partial charge in [0.15, 0.2) is 0 Å². The monoisotopic (exact) mass is 346 g/mol. The lowest BCUT2D eigenvalue weighted by molar-refractivity contribution is -0.137. The van der Waals surface area contributed by atoms with E-state index in [-0.39, 0.29) is 12.5 Å². The lowest BCUT2D eigenvalue weighted by Gasteiger charge is -2.28. The van der Waals surface area contributed by atoms with Crippen molar-refractivity contribution in [3.63, 3.8) is 0 Å². The molecule has 0 aromatic carbocycles. The van der Waals surface area contributed by atoms with Gasteiger partial charge in [-0.15, -0.1) is 11.3 Å². The molecule has 0 bridgehead atoms. The number of carboxylic acid groups (broad SMARTS) is 1. The van der Waals surface area contributed by atoms with Gasteiger partial charge in [0.25, 0.3) is 0 Å². The fourth-order valence-corrected chi connectivity index (χ4v) is 5.23. The first kappa shape index (κ1) is 15.8. The molecular formula is C18H22N2O3S. The zero-order valence-electron chi connectivity index (χ0n) is 13.7. The van der Waals surface area contributed by atoms with Gasteiger partial charge >= 0.3 is 5.97 Å². The molecule has 5 nitrogen and oxygen atoms in total. The number of carbonyl (C=O) groups is 1. The first-order chi connectivity index (χ1) is 11.7. The molecule has 0 amide bonds. The molecule has 2 aliphatic rings. The van der Waals surface area contributed by atoms with Crippen molar-refractivity contribution >= 4 is 27.5 Å². The number of aliphatic carboxylic acids is 1. The zero-order chi connectivity index (χ0) is 16.5. The Hall–Kier alpha value is -1.69. The molecular weight excluding hydrogens is 324 g/mol. The molecule has 0 saturated heterocycles. The van der Waals surface area contributed by atoms with Crippen LogP contribution in [-0.2, 0) is 17.6 Å². The average Bonchev–Trinajstić information content (AvgIpc) is 3.15. The molecule has 0 unspecified atom stereocenters. The number of thiophene rings is 1. The van der Waals surface area contributed by atoms with E-state index in [0.29, 0.717) is 5.92 Å². The van der Waals surface area contributed by atoms with E-state index in [0.717, 1.165) is 61.0 Å². The maximum atomic E-state index is 10.7. The summed E-state index contributed by atoms with van der Waals surface area (Å²) in [7, 11) is 0. The summed E-state index contributed by atoms with van der Waals surface area (Å²) < 4.78 is 6.27. The summed E-state index contributed by atoms with van der Waals surface area (Å²) in [6, 6.07) is 0. The molecule has 0 spiro atoms. The van der Waals surface area contributed by atoms with Gasteiger partial charge in [0, 0.05) is 11.3 Å². The number of aromatic nitrogens is 2. The van der Waals surface area contributed by atoms with Crippen molar-refractivity contribution in [3.05, 3.63) is 16.8 Å². The molecule has 0 radical (unpaired) electrons. The summed E-state index contributed by atoms with van der Waals surface area (Å²) in [4.78, 5) is 22.1. The Morgan fingerprint density at radius 2 is 2.08 bits per heavy atom. The van der Waals surface area contributed by atoms with Gasteiger partial charge in [0.2, 0.25) is 5.88 Å². The van der Waals surface area contributed by atoms with E-state index < -0.39 is 5.97 Å². The average molecular weight is 346 g/mol. The van der Waals surface area contributed by atoms with Crippen molar-refractivity contribution in [2.24, 2.45) is 5.92 Å². The molecule has 2 aromatic rings. The zero-order valence-corrected chi connectivity index (χ0v) is 14.5. The highest BCUT2D eigenvalue weighted by molar-refractivity contribution is 7.18. The number of carboxylic acids is 1. The normalized spacial score (nSPS) is 23.3. The Balaban J connectivity index is 1.43. The standard InChI is InChI=1S/C18H22N2O3S/c21-15(22)9-6-11-4-7-12(8-5-11)23-17-16-13-2-1-3-14(13)24-18(16)20-10-19-17/h10-12H,1-9H2,(H,21,22). The summed E-state index contributed by atoms with van der Waals surface area (Å²) in [6.07, 6.45) is 10.4. The lowest BCUT2D eigenvalue weighted by Crippen LogP contribution is -2.25. The van der Waals surface area contributed by atoms with Crippen molar-refractivity contribution in [1.82, 2.24) is 9.97 Å². The third kappa shape index (κ3) is 3.11. The molecule has 6 heteroatoms. The second-order valence-corrected chi connectivity index (χ2v) is 7.99. The van der Waals surface area contributed by atoms with Gasteiger partial charge in [-0.25, -0.2) is 9.97 Å². The van der Waals surface area contributed by atoms with Crippen molar-refractivity contribution in [3.8, 4) is 5.88 Å². The Kier molecular flexibility index (Phi) is 4.39. The van der Waals surface area contributed by atoms with Crippen LogP contribution < -0.4 is 4.74 Å². The second-order valence-electron chi connectivity index (χ2n) is 6.91. The summed E-state index contributed by atoms with van der Waals surface area (Å²) in [5.74, 6) is 0.591. The van der Waals surface area contributed by atoms with E-state index in [1.807, 2.05) is 0 Å². The minimum absolute atomic E-state index is 0.195. The summed E-state index contributed by atoms with van der Waals surface area (Å²) in [6.45, 7) is 0. The van der Waals surface area contributed by atoms with Crippen LogP contribution in [0, 0.1) is 5.92 Å². The Morgan fingerprint density at radius 1 is 1.25 bits per heavy atom. The number of aryl methyl sites for hydroxylation is 2. The van der Waals surface area contributed by atoms with Crippen LogP contribution in [0.1, 0.15) is 55.4 Å². The van der Waals surface area contributed by atoms with Crippen molar-refractivity contribution in [2.75, 3.05) is 0 Å². The van der Waals surface area contributed by atoms with Crippen molar-refractivity contribution in [1.29, 1.82) is 0 Å². The highest BCUT2D eigenvalue weighted by Gasteiger charge is 2.26. The third-order valence-corrected chi connectivity index (χ3v) is 6.50. The predicted molar refractivity (Wildman–Crippen MR) is 92.7 cm³/mol. The fourth-order valence-electron chi connectivity index (χ4n) is 4.01. The van der Waals surface area contributed by atoms with Gasteiger partial charge in [-0.05, 0) is 62.8 Å². The Morgan fingerprint density at radius 3 is 2.88 bits per heavy atom. The smallest absolute Gasteiger partial charge is 0.303 e. The van der Waals surface area contributed by atoms with Crippen LogP contribution in [0.5, 0.6) is 5.88 Å². The number of hydrogen-bond donors (Lipinski definition) is 1. The van der Waals surface area contributed by atoms with E-state index in [4.69, 9.17) is 9.84 Å².